The average Bonchev–Trinajstić information content (AvgIpc) is 3.00. The van der Waals surface area contributed by atoms with E-state index in [4.69, 9.17) is 9.72 Å². The second-order valence-corrected chi connectivity index (χ2v) is 7.14. The Bertz CT molecular complexity index is 851. The molecule has 3 aromatic rings. The minimum atomic E-state index is 0.508. The summed E-state index contributed by atoms with van der Waals surface area (Å²) in [5, 5.41) is 0. The number of ether oxygens (including phenoxy) is 1. The Hall–Kier alpha value is -2.29. The molecule has 0 fully saturated rings. The molecule has 2 aromatic carbocycles. The summed E-state index contributed by atoms with van der Waals surface area (Å²) in [4.78, 5) is 4.83. The molecule has 1 aromatic heterocycles. The molecule has 0 aliphatic rings. The summed E-state index contributed by atoms with van der Waals surface area (Å²) < 4.78 is 8.48. The van der Waals surface area contributed by atoms with Crippen molar-refractivity contribution in [2.24, 2.45) is 0 Å². The lowest BCUT2D eigenvalue weighted by Crippen LogP contribution is -2.08. The maximum absolute atomic E-state index is 6.14. The van der Waals surface area contributed by atoms with E-state index >= 15 is 0 Å². The average molecular weight is 351 g/mol. The Labute approximate surface area is 157 Å². The van der Waals surface area contributed by atoms with Gasteiger partial charge in [0.05, 0.1) is 11.0 Å². The minimum absolute atomic E-state index is 0.508. The number of fused-ring (bicyclic) bond motifs is 1. The van der Waals surface area contributed by atoms with E-state index in [1.807, 2.05) is 0 Å². The van der Waals surface area contributed by atoms with Crippen molar-refractivity contribution in [3.05, 3.63) is 59.4 Å². The monoisotopic (exact) mass is 350 g/mol. The smallest absolute Gasteiger partial charge is 0.147 e. The quantitative estimate of drug-likeness (QED) is 0.429. The Morgan fingerprint density at radius 2 is 1.77 bits per heavy atom. The van der Waals surface area contributed by atoms with Gasteiger partial charge in [0.2, 0.25) is 0 Å². The third-order valence-corrected chi connectivity index (χ3v) is 4.92. The van der Waals surface area contributed by atoms with E-state index in [-0.39, 0.29) is 0 Å². The maximum atomic E-state index is 6.14. The van der Waals surface area contributed by atoms with E-state index in [2.05, 4.69) is 67.8 Å². The van der Waals surface area contributed by atoms with Crippen molar-refractivity contribution in [3.8, 4) is 5.75 Å². The topological polar surface area (TPSA) is 27.1 Å². The van der Waals surface area contributed by atoms with E-state index in [0.29, 0.717) is 6.61 Å². The molecule has 0 saturated heterocycles. The summed E-state index contributed by atoms with van der Waals surface area (Å²) in [6.07, 6.45) is 6.39. The van der Waals surface area contributed by atoms with Crippen LogP contribution in [0.2, 0.25) is 0 Å². The van der Waals surface area contributed by atoms with Crippen molar-refractivity contribution in [3.63, 3.8) is 0 Å². The molecule has 3 nitrogen and oxygen atoms in total. The van der Waals surface area contributed by atoms with Gasteiger partial charge in [-0.15, -0.1) is 0 Å². The predicted molar refractivity (Wildman–Crippen MR) is 109 cm³/mol. The van der Waals surface area contributed by atoms with Gasteiger partial charge in [-0.2, -0.15) is 0 Å². The van der Waals surface area contributed by atoms with Gasteiger partial charge in [0.1, 0.15) is 18.2 Å². The Morgan fingerprint density at radius 3 is 2.62 bits per heavy atom. The molecular formula is C23H30N2O. The van der Waals surface area contributed by atoms with Gasteiger partial charge in [0.25, 0.3) is 0 Å². The zero-order chi connectivity index (χ0) is 18.4. The first kappa shape index (κ1) is 18.5. The summed E-state index contributed by atoms with van der Waals surface area (Å²) in [6, 6.07) is 14.7. The zero-order valence-electron chi connectivity index (χ0n) is 16.3. The molecule has 26 heavy (non-hydrogen) atoms. The van der Waals surface area contributed by atoms with Gasteiger partial charge in [-0.1, -0.05) is 56.9 Å². The molecule has 1 heterocycles. The Morgan fingerprint density at radius 1 is 0.962 bits per heavy atom. The van der Waals surface area contributed by atoms with Crippen LogP contribution >= 0.6 is 0 Å². The highest BCUT2D eigenvalue weighted by molar-refractivity contribution is 5.75. The fourth-order valence-electron chi connectivity index (χ4n) is 3.36. The third kappa shape index (κ3) is 4.46. The third-order valence-electron chi connectivity index (χ3n) is 4.92. The van der Waals surface area contributed by atoms with Gasteiger partial charge in [-0.3, -0.25) is 0 Å². The zero-order valence-corrected chi connectivity index (χ0v) is 16.3. The number of unbranched alkanes of at least 4 members (excludes halogenated alkanes) is 4. The molecule has 0 N–H and O–H groups in total. The van der Waals surface area contributed by atoms with Gasteiger partial charge < -0.3 is 9.30 Å². The van der Waals surface area contributed by atoms with Crippen LogP contribution in [-0.4, -0.2) is 9.55 Å². The molecule has 0 unspecified atom stereocenters. The summed E-state index contributed by atoms with van der Waals surface area (Å²) in [6.45, 7) is 7.96. The molecule has 0 atom stereocenters. The van der Waals surface area contributed by atoms with Crippen molar-refractivity contribution < 1.29 is 4.74 Å². The number of aromatic nitrogens is 2. The fraction of sp³-hybridized carbons (Fsp3) is 0.435. The number of hydrogen-bond donors (Lipinski definition) is 0. The Balaban J connectivity index is 1.76. The highest BCUT2D eigenvalue weighted by atomic mass is 16.5. The number of rotatable bonds is 9. The van der Waals surface area contributed by atoms with Crippen LogP contribution in [0.5, 0.6) is 5.75 Å². The lowest BCUT2D eigenvalue weighted by atomic mass is 10.1. The lowest BCUT2D eigenvalue weighted by molar-refractivity contribution is 0.287. The molecule has 3 rings (SSSR count). The number of hydrogen-bond acceptors (Lipinski definition) is 2. The lowest BCUT2D eigenvalue weighted by Gasteiger charge is -2.12. The Kier molecular flexibility index (Phi) is 6.32. The van der Waals surface area contributed by atoms with Gasteiger partial charge in [-0.25, -0.2) is 4.98 Å². The van der Waals surface area contributed by atoms with E-state index in [1.165, 1.54) is 43.2 Å². The first-order valence-electron chi connectivity index (χ1n) is 9.83. The van der Waals surface area contributed by atoms with Gasteiger partial charge in [0, 0.05) is 6.54 Å². The van der Waals surface area contributed by atoms with Crippen LogP contribution in [0, 0.1) is 13.8 Å². The molecule has 3 heteroatoms. The second-order valence-electron chi connectivity index (χ2n) is 7.14. The van der Waals surface area contributed by atoms with Crippen molar-refractivity contribution in [2.75, 3.05) is 0 Å². The molecule has 0 saturated carbocycles. The van der Waals surface area contributed by atoms with E-state index in [9.17, 15) is 0 Å². The van der Waals surface area contributed by atoms with Crippen molar-refractivity contribution in [1.29, 1.82) is 0 Å². The summed E-state index contributed by atoms with van der Waals surface area (Å²) in [5.41, 5.74) is 4.65. The number of para-hydroxylation sites is 2. The first-order chi connectivity index (χ1) is 12.7. The number of nitrogens with zero attached hydrogens (tertiary/aromatic N) is 2. The molecule has 0 bridgehead atoms. The normalized spacial score (nSPS) is 11.2. The van der Waals surface area contributed by atoms with Crippen molar-refractivity contribution in [2.45, 2.75) is 66.0 Å². The van der Waals surface area contributed by atoms with Gasteiger partial charge in [0.15, 0.2) is 0 Å². The second kappa shape index (κ2) is 8.88. The standard InChI is InChI=1S/C23H30N2O/c1-4-5-6-7-10-15-25-21-12-9-8-11-20(21)24-23(25)17-26-22-16-18(2)13-14-19(22)3/h8-9,11-14,16H,4-7,10,15,17H2,1-3H3. The highest BCUT2D eigenvalue weighted by Gasteiger charge is 2.11. The van der Waals surface area contributed by atoms with Crippen LogP contribution in [-0.2, 0) is 13.2 Å². The molecule has 0 amide bonds. The summed E-state index contributed by atoms with van der Waals surface area (Å²) in [5.74, 6) is 1.97. The summed E-state index contributed by atoms with van der Waals surface area (Å²) >= 11 is 0. The molecule has 0 spiro atoms. The molecular weight excluding hydrogens is 320 g/mol. The van der Waals surface area contributed by atoms with Crippen molar-refractivity contribution in [1.82, 2.24) is 9.55 Å². The summed E-state index contributed by atoms with van der Waals surface area (Å²) in [7, 11) is 0. The van der Waals surface area contributed by atoms with Gasteiger partial charge >= 0.3 is 0 Å². The minimum Gasteiger partial charge on any atom is -0.485 e. The highest BCUT2D eigenvalue weighted by Crippen LogP contribution is 2.22. The van der Waals surface area contributed by atoms with Crippen LogP contribution in [0.1, 0.15) is 56.0 Å². The first-order valence-corrected chi connectivity index (χ1v) is 9.83. The molecule has 0 aliphatic heterocycles. The van der Waals surface area contributed by atoms with Crippen molar-refractivity contribution >= 4 is 11.0 Å². The largest absolute Gasteiger partial charge is 0.485 e. The number of aryl methyl sites for hydroxylation is 3. The number of imidazole rings is 1. The van der Waals surface area contributed by atoms with Crippen LogP contribution in [0.25, 0.3) is 11.0 Å². The number of benzene rings is 2. The van der Waals surface area contributed by atoms with E-state index in [0.717, 1.165) is 29.2 Å². The predicted octanol–water partition coefficient (Wildman–Crippen LogP) is 6.20. The van der Waals surface area contributed by atoms with Crippen LogP contribution in [0.4, 0.5) is 0 Å². The van der Waals surface area contributed by atoms with Crippen LogP contribution < -0.4 is 4.74 Å². The van der Waals surface area contributed by atoms with Crippen LogP contribution in [0.3, 0.4) is 0 Å². The SMILES string of the molecule is CCCCCCCn1c(COc2cc(C)ccc2C)nc2ccccc21. The van der Waals surface area contributed by atoms with Gasteiger partial charge in [-0.05, 0) is 49.6 Å². The molecule has 0 radical (unpaired) electrons. The fourth-order valence-corrected chi connectivity index (χ4v) is 3.36. The molecule has 0 aliphatic carbocycles. The van der Waals surface area contributed by atoms with E-state index < -0.39 is 0 Å². The molecule has 138 valence electrons. The van der Waals surface area contributed by atoms with Crippen LogP contribution in [0.15, 0.2) is 42.5 Å². The van der Waals surface area contributed by atoms with E-state index in [1.54, 1.807) is 0 Å². The maximum Gasteiger partial charge on any atom is 0.147 e.